The van der Waals surface area contributed by atoms with Crippen LogP contribution in [0.1, 0.15) is 37.7 Å². The Bertz CT molecular complexity index is 670. The smallest absolute Gasteiger partial charge is 0.244 e. The fourth-order valence-corrected chi connectivity index (χ4v) is 2.62. The van der Waals surface area contributed by atoms with Crippen LogP contribution >= 0.6 is 0 Å². The maximum atomic E-state index is 12.5. The van der Waals surface area contributed by atoms with Gasteiger partial charge in [0.15, 0.2) is 0 Å². The summed E-state index contributed by atoms with van der Waals surface area (Å²) in [5.41, 5.74) is 3.07. The summed E-state index contributed by atoms with van der Waals surface area (Å²) in [6.45, 7) is 5.85. The van der Waals surface area contributed by atoms with Crippen LogP contribution in [0.4, 0.5) is 5.69 Å². The number of aryl methyl sites for hydroxylation is 2. The third-order valence-corrected chi connectivity index (χ3v) is 3.97. The second kappa shape index (κ2) is 8.34. The van der Waals surface area contributed by atoms with E-state index in [4.69, 9.17) is 4.42 Å². The average Bonchev–Trinajstić information content (AvgIpc) is 3.07. The summed E-state index contributed by atoms with van der Waals surface area (Å²) in [5, 5.41) is 2.98. The van der Waals surface area contributed by atoms with E-state index < -0.39 is 0 Å². The number of carbonyl (C=O) groups is 2. The van der Waals surface area contributed by atoms with Gasteiger partial charge in [-0.05, 0) is 36.1 Å². The molecule has 0 spiro atoms. The molecule has 5 heteroatoms. The lowest BCUT2D eigenvalue weighted by molar-refractivity contribution is -0.133. The molecule has 0 fully saturated rings. The van der Waals surface area contributed by atoms with Crippen LogP contribution in [0.15, 0.2) is 41.0 Å². The first-order valence-electron chi connectivity index (χ1n) is 8.23. The summed E-state index contributed by atoms with van der Waals surface area (Å²) in [7, 11) is 0. The molecule has 1 heterocycles. The van der Waals surface area contributed by atoms with Gasteiger partial charge in [0, 0.05) is 12.6 Å². The average molecular weight is 328 g/mol. The zero-order chi connectivity index (χ0) is 17.5. The van der Waals surface area contributed by atoms with Crippen LogP contribution in [0.2, 0.25) is 0 Å². The van der Waals surface area contributed by atoms with Crippen LogP contribution in [-0.4, -0.2) is 23.3 Å². The van der Waals surface area contributed by atoms with Gasteiger partial charge >= 0.3 is 0 Å². The Morgan fingerprint density at radius 1 is 1.08 bits per heavy atom. The molecule has 1 aromatic carbocycles. The van der Waals surface area contributed by atoms with E-state index in [1.54, 1.807) is 18.4 Å². The van der Waals surface area contributed by atoms with Crippen molar-refractivity contribution in [1.82, 2.24) is 4.90 Å². The minimum absolute atomic E-state index is 0.00274. The Balaban J connectivity index is 2.10. The molecule has 128 valence electrons. The standard InChI is InChI=1S/C19H24N2O3/c1-4-15-8-6-9-16(5-2)19(15)20-18(23)13-21(14(3)22)12-17-10-7-11-24-17/h6-11H,4-5,12-13H2,1-3H3,(H,20,23). The molecule has 0 saturated heterocycles. The summed E-state index contributed by atoms with van der Waals surface area (Å²) in [5.74, 6) is 0.287. The van der Waals surface area contributed by atoms with Crippen molar-refractivity contribution in [1.29, 1.82) is 0 Å². The summed E-state index contributed by atoms with van der Waals surface area (Å²) < 4.78 is 5.26. The van der Waals surface area contributed by atoms with E-state index in [1.807, 2.05) is 18.2 Å². The topological polar surface area (TPSA) is 62.6 Å². The van der Waals surface area contributed by atoms with Crippen molar-refractivity contribution in [2.24, 2.45) is 0 Å². The van der Waals surface area contributed by atoms with Crippen molar-refractivity contribution >= 4 is 17.5 Å². The van der Waals surface area contributed by atoms with E-state index >= 15 is 0 Å². The van der Waals surface area contributed by atoms with Gasteiger partial charge in [0.05, 0.1) is 12.8 Å². The Morgan fingerprint density at radius 3 is 2.25 bits per heavy atom. The Hall–Kier alpha value is -2.56. The summed E-state index contributed by atoms with van der Waals surface area (Å²) >= 11 is 0. The van der Waals surface area contributed by atoms with Gasteiger partial charge in [0.2, 0.25) is 11.8 Å². The van der Waals surface area contributed by atoms with Gasteiger partial charge in [-0.1, -0.05) is 32.0 Å². The molecule has 0 unspecified atom stereocenters. The van der Waals surface area contributed by atoms with Crippen molar-refractivity contribution < 1.29 is 14.0 Å². The second-order valence-electron chi connectivity index (χ2n) is 5.66. The Kier molecular flexibility index (Phi) is 6.18. The molecule has 2 amide bonds. The highest BCUT2D eigenvalue weighted by Gasteiger charge is 2.17. The number of nitrogens with one attached hydrogen (secondary N) is 1. The predicted octanol–water partition coefficient (Wildman–Crippen LogP) is 3.39. The van der Waals surface area contributed by atoms with Crippen LogP contribution in [0, 0.1) is 0 Å². The van der Waals surface area contributed by atoms with Gasteiger partial charge in [-0.3, -0.25) is 9.59 Å². The number of benzene rings is 1. The van der Waals surface area contributed by atoms with Gasteiger partial charge in [-0.15, -0.1) is 0 Å². The third-order valence-electron chi connectivity index (χ3n) is 3.97. The summed E-state index contributed by atoms with van der Waals surface area (Å²) in [6.07, 6.45) is 3.23. The number of carbonyl (C=O) groups excluding carboxylic acids is 2. The molecule has 2 aromatic rings. The van der Waals surface area contributed by atoms with E-state index in [1.165, 1.54) is 11.8 Å². The normalized spacial score (nSPS) is 10.5. The van der Waals surface area contributed by atoms with Gasteiger partial charge < -0.3 is 14.6 Å². The number of hydrogen-bond donors (Lipinski definition) is 1. The first-order chi connectivity index (χ1) is 11.5. The Morgan fingerprint density at radius 2 is 1.75 bits per heavy atom. The van der Waals surface area contributed by atoms with Crippen molar-refractivity contribution in [2.75, 3.05) is 11.9 Å². The number of para-hydroxylation sites is 1. The first kappa shape index (κ1) is 17.8. The minimum Gasteiger partial charge on any atom is -0.467 e. The number of nitrogens with zero attached hydrogens (tertiary/aromatic N) is 1. The van der Waals surface area contributed by atoms with Gasteiger partial charge in [0.1, 0.15) is 12.3 Å². The molecule has 0 aliphatic carbocycles. The fourth-order valence-electron chi connectivity index (χ4n) is 2.62. The largest absolute Gasteiger partial charge is 0.467 e. The van der Waals surface area contributed by atoms with Crippen LogP contribution in [0.5, 0.6) is 0 Å². The number of anilines is 1. The number of rotatable bonds is 7. The van der Waals surface area contributed by atoms with Crippen LogP contribution in [0.3, 0.4) is 0 Å². The van der Waals surface area contributed by atoms with Gasteiger partial charge in [-0.25, -0.2) is 0 Å². The maximum Gasteiger partial charge on any atom is 0.244 e. The monoisotopic (exact) mass is 328 g/mol. The zero-order valence-electron chi connectivity index (χ0n) is 14.5. The van der Waals surface area contributed by atoms with E-state index in [0.717, 1.165) is 29.7 Å². The second-order valence-corrected chi connectivity index (χ2v) is 5.66. The van der Waals surface area contributed by atoms with Gasteiger partial charge in [-0.2, -0.15) is 0 Å². The molecular formula is C19H24N2O3. The van der Waals surface area contributed by atoms with E-state index in [2.05, 4.69) is 19.2 Å². The molecule has 0 aliphatic rings. The molecule has 0 aliphatic heterocycles. The molecule has 0 saturated carbocycles. The maximum absolute atomic E-state index is 12.5. The number of amides is 2. The van der Waals surface area contributed by atoms with E-state index in [-0.39, 0.29) is 24.9 Å². The van der Waals surface area contributed by atoms with E-state index in [9.17, 15) is 9.59 Å². The van der Waals surface area contributed by atoms with Crippen molar-refractivity contribution in [3.63, 3.8) is 0 Å². The number of hydrogen-bond acceptors (Lipinski definition) is 3. The predicted molar refractivity (Wildman–Crippen MR) is 93.6 cm³/mol. The highest BCUT2D eigenvalue weighted by molar-refractivity contribution is 5.95. The fraction of sp³-hybridized carbons (Fsp3) is 0.368. The van der Waals surface area contributed by atoms with E-state index in [0.29, 0.717) is 5.76 Å². The lowest BCUT2D eigenvalue weighted by Crippen LogP contribution is -2.36. The molecule has 24 heavy (non-hydrogen) atoms. The van der Waals surface area contributed by atoms with Crippen LogP contribution in [-0.2, 0) is 29.0 Å². The van der Waals surface area contributed by atoms with Crippen molar-refractivity contribution in [3.8, 4) is 0 Å². The molecule has 5 nitrogen and oxygen atoms in total. The first-order valence-corrected chi connectivity index (χ1v) is 8.23. The molecule has 0 bridgehead atoms. The molecular weight excluding hydrogens is 304 g/mol. The summed E-state index contributed by atoms with van der Waals surface area (Å²) in [6, 6.07) is 9.58. The molecule has 0 atom stereocenters. The highest BCUT2D eigenvalue weighted by Crippen LogP contribution is 2.22. The minimum atomic E-state index is -0.202. The number of furan rings is 1. The van der Waals surface area contributed by atoms with Gasteiger partial charge in [0.25, 0.3) is 0 Å². The quantitative estimate of drug-likeness (QED) is 0.847. The van der Waals surface area contributed by atoms with Crippen molar-refractivity contribution in [2.45, 2.75) is 40.2 Å². The van der Waals surface area contributed by atoms with Crippen molar-refractivity contribution in [3.05, 3.63) is 53.5 Å². The molecule has 2 rings (SSSR count). The summed E-state index contributed by atoms with van der Waals surface area (Å²) in [4.78, 5) is 25.7. The van der Waals surface area contributed by atoms with Crippen LogP contribution < -0.4 is 5.32 Å². The molecule has 1 aromatic heterocycles. The lowest BCUT2D eigenvalue weighted by atomic mass is 10.0. The Labute approximate surface area is 142 Å². The molecule has 1 N–H and O–H groups in total. The highest BCUT2D eigenvalue weighted by atomic mass is 16.3. The SMILES string of the molecule is CCc1cccc(CC)c1NC(=O)CN(Cc1ccco1)C(C)=O. The third kappa shape index (κ3) is 4.47. The lowest BCUT2D eigenvalue weighted by Gasteiger charge is -2.21. The molecule has 0 radical (unpaired) electrons. The van der Waals surface area contributed by atoms with Crippen LogP contribution in [0.25, 0.3) is 0 Å². The zero-order valence-corrected chi connectivity index (χ0v) is 14.5.